The molecule has 0 aliphatic heterocycles. The van der Waals surface area contributed by atoms with E-state index < -0.39 is 0 Å². The molecule has 22 heavy (non-hydrogen) atoms. The van der Waals surface area contributed by atoms with E-state index in [0.717, 1.165) is 28.5 Å². The highest BCUT2D eigenvalue weighted by Gasteiger charge is 2.01. The Morgan fingerprint density at radius 3 is 2.68 bits per heavy atom. The SMILES string of the molecule is COc1ccc(COCCNc2nc3ccccc3s2)cc1. The van der Waals surface area contributed by atoms with E-state index in [0.29, 0.717) is 13.2 Å². The van der Waals surface area contributed by atoms with Crippen LogP contribution in [0, 0.1) is 0 Å². The number of fused-ring (bicyclic) bond motifs is 1. The monoisotopic (exact) mass is 314 g/mol. The zero-order valence-corrected chi connectivity index (χ0v) is 13.2. The number of hydrogen-bond acceptors (Lipinski definition) is 5. The lowest BCUT2D eigenvalue weighted by Crippen LogP contribution is -2.09. The summed E-state index contributed by atoms with van der Waals surface area (Å²) in [7, 11) is 1.67. The Morgan fingerprint density at radius 1 is 1.09 bits per heavy atom. The molecule has 0 aliphatic carbocycles. The van der Waals surface area contributed by atoms with Crippen LogP contribution in [0.3, 0.4) is 0 Å². The van der Waals surface area contributed by atoms with Gasteiger partial charge in [0.2, 0.25) is 0 Å². The summed E-state index contributed by atoms with van der Waals surface area (Å²) in [4.78, 5) is 4.53. The number of aromatic nitrogens is 1. The molecule has 0 amide bonds. The molecule has 0 bridgehead atoms. The van der Waals surface area contributed by atoms with Crippen LogP contribution in [-0.2, 0) is 11.3 Å². The van der Waals surface area contributed by atoms with Crippen molar-refractivity contribution in [2.75, 3.05) is 25.6 Å². The molecule has 0 radical (unpaired) electrons. The lowest BCUT2D eigenvalue weighted by molar-refractivity contribution is 0.130. The van der Waals surface area contributed by atoms with E-state index >= 15 is 0 Å². The minimum Gasteiger partial charge on any atom is -0.497 e. The molecule has 0 saturated carbocycles. The maximum absolute atomic E-state index is 5.66. The molecule has 2 aromatic carbocycles. The zero-order chi connectivity index (χ0) is 15.2. The van der Waals surface area contributed by atoms with E-state index in [1.54, 1.807) is 18.4 Å². The second kappa shape index (κ2) is 7.24. The summed E-state index contributed by atoms with van der Waals surface area (Å²) >= 11 is 1.66. The van der Waals surface area contributed by atoms with Crippen molar-refractivity contribution in [1.82, 2.24) is 4.98 Å². The van der Waals surface area contributed by atoms with Crippen molar-refractivity contribution in [3.8, 4) is 5.75 Å². The van der Waals surface area contributed by atoms with Gasteiger partial charge in [0.25, 0.3) is 0 Å². The van der Waals surface area contributed by atoms with Gasteiger partial charge in [0.15, 0.2) is 5.13 Å². The molecule has 5 heteroatoms. The van der Waals surface area contributed by atoms with Crippen molar-refractivity contribution in [3.05, 3.63) is 54.1 Å². The molecule has 0 aliphatic rings. The Morgan fingerprint density at radius 2 is 1.91 bits per heavy atom. The quantitative estimate of drug-likeness (QED) is 0.671. The Bertz CT molecular complexity index is 692. The smallest absolute Gasteiger partial charge is 0.183 e. The second-order valence-corrected chi connectivity index (χ2v) is 5.84. The van der Waals surface area contributed by atoms with Crippen LogP contribution in [-0.4, -0.2) is 25.2 Å². The Kier molecular flexibility index (Phi) is 4.88. The maximum Gasteiger partial charge on any atom is 0.183 e. The van der Waals surface area contributed by atoms with E-state index in [-0.39, 0.29) is 0 Å². The summed E-state index contributed by atoms with van der Waals surface area (Å²) in [6, 6.07) is 16.1. The average Bonchev–Trinajstić information content (AvgIpc) is 2.98. The van der Waals surface area contributed by atoms with Gasteiger partial charge in [-0.3, -0.25) is 0 Å². The van der Waals surface area contributed by atoms with Gasteiger partial charge in [-0.05, 0) is 29.8 Å². The number of ether oxygens (including phenoxy) is 2. The second-order valence-electron chi connectivity index (χ2n) is 4.81. The van der Waals surface area contributed by atoms with Crippen LogP contribution >= 0.6 is 11.3 Å². The van der Waals surface area contributed by atoms with Gasteiger partial charge in [-0.15, -0.1) is 0 Å². The standard InChI is InChI=1S/C17H18N2O2S/c1-20-14-8-6-13(7-9-14)12-21-11-10-18-17-19-15-4-2-3-5-16(15)22-17/h2-9H,10-12H2,1H3,(H,18,19). The first-order chi connectivity index (χ1) is 10.8. The molecule has 114 valence electrons. The summed E-state index contributed by atoms with van der Waals surface area (Å²) in [6.45, 7) is 1.99. The van der Waals surface area contributed by atoms with Crippen molar-refractivity contribution in [3.63, 3.8) is 0 Å². The Balaban J connectivity index is 1.41. The van der Waals surface area contributed by atoms with Gasteiger partial charge in [-0.1, -0.05) is 35.6 Å². The Labute approximate surface area is 133 Å². The van der Waals surface area contributed by atoms with E-state index in [4.69, 9.17) is 9.47 Å². The number of hydrogen-bond donors (Lipinski definition) is 1. The maximum atomic E-state index is 5.66. The summed E-state index contributed by atoms with van der Waals surface area (Å²) in [5, 5.41) is 4.24. The van der Waals surface area contributed by atoms with Gasteiger partial charge >= 0.3 is 0 Å². The molecular weight excluding hydrogens is 296 g/mol. The highest BCUT2D eigenvalue weighted by Crippen LogP contribution is 2.25. The lowest BCUT2D eigenvalue weighted by Gasteiger charge is -2.06. The fourth-order valence-corrected chi connectivity index (χ4v) is 2.98. The number of methoxy groups -OCH3 is 1. The summed E-state index contributed by atoms with van der Waals surface area (Å²) in [6.07, 6.45) is 0. The number of nitrogens with one attached hydrogen (secondary N) is 1. The first kappa shape index (κ1) is 14.8. The summed E-state index contributed by atoms with van der Waals surface area (Å²) in [5.41, 5.74) is 2.18. The fourth-order valence-electron chi connectivity index (χ4n) is 2.09. The number of benzene rings is 2. The van der Waals surface area contributed by atoms with Crippen molar-refractivity contribution < 1.29 is 9.47 Å². The molecule has 0 fully saturated rings. The van der Waals surface area contributed by atoms with Gasteiger partial charge in [-0.25, -0.2) is 4.98 Å². The highest BCUT2D eigenvalue weighted by molar-refractivity contribution is 7.22. The molecule has 1 aromatic heterocycles. The van der Waals surface area contributed by atoms with E-state index in [1.807, 2.05) is 42.5 Å². The van der Waals surface area contributed by atoms with Gasteiger partial charge < -0.3 is 14.8 Å². The third-order valence-corrected chi connectivity index (χ3v) is 4.24. The largest absolute Gasteiger partial charge is 0.497 e. The number of thiazole rings is 1. The molecule has 3 aromatic rings. The number of nitrogens with zero attached hydrogens (tertiary/aromatic N) is 1. The normalized spacial score (nSPS) is 10.8. The van der Waals surface area contributed by atoms with Crippen molar-refractivity contribution in [2.24, 2.45) is 0 Å². The van der Waals surface area contributed by atoms with Crippen LogP contribution in [0.5, 0.6) is 5.75 Å². The van der Waals surface area contributed by atoms with Crippen LogP contribution in [0.25, 0.3) is 10.2 Å². The molecule has 3 rings (SSSR count). The average molecular weight is 314 g/mol. The van der Waals surface area contributed by atoms with Crippen LogP contribution in [0.4, 0.5) is 5.13 Å². The number of para-hydroxylation sites is 1. The highest BCUT2D eigenvalue weighted by atomic mass is 32.1. The third kappa shape index (κ3) is 3.75. The summed E-state index contributed by atoms with van der Waals surface area (Å²) < 4.78 is 12.0. The Hall–Kier alpha value is -2.11. The fraction of sp³-hybridized carbons (Fsp3) is 0.235. The summed E-state index contributed by atoms with van der Waals surface area (Å²) in [5.74, 6) is 0.862. The minimum absolute atomic E-state index is 0.603. The molecular formula is C17H18N2O2S. The van der Waals surface area contributed by atoms with E-state index in [9.17, 15) is 0 Å². The van der Waals surface area contributed by atoms with Crippen LogP contribution in [0.2, 0.25) is 0 Å². The first-order valence-corrected chi connectivity index (χ1v) is 7.97. The van der Waals surface area contributed by atoms with E-state index in [2.05, 4.69) is 16.4 Å². The van der Waals surface area contributed by atoms with Crippen LogP contribution < -0.4 is 10.1 Å². The predicted octanol–water partition coefficient (Wildman–Crippen LogP) is 3.93. The van der Waals surface area contributed by atoms with Gasteiger partial charge in [0.05, 0.1) is 30.5 Å². The topological polar surface area (TPSA) is 43.4 Å². The van der Waals surface area contributed by atoms with Crippen molar-refractivity contribution >= 4 is 26.7 Å². The number of rotatable bonds is 7. The zero-order valence-electron chi connectivity index (χ0n) is 12.4. The molecule has 0 unspecified atom stereocenters. The predicted molar refractivity (Wildman–Crippen MR) is 90.8 cm³/mol. The van der Waals surface area contributed by atoms with Gasteiger partial charge in [0, 0.05) is 6.54 Å². The molecule has 4 nitrogen and oxygen atoms in total. The minimum atomic E-state index is 0.603. The van der Waals surface area contributed by atoms with E-state index in [1.165, 1.54) is 4.70 Å². The lowest BCUT2D eigenvalue weighted by atomic mass is 10.2. The third-order valence-electron chi connectivity index (χ3n) is 3.24. The van der Waals surface area contributed by atoms with Crippen molar-refractivity contribution in [2.45, 2.75) is 6.61 Å². The molecule has 1 heterocycles. The first-order valence-electron chi connectivity index (χ1n) is 7.15. The van der Waals surface area contributed by atoms with Crippen LogP contribution in [0.1, 0.15) is 5.56 Å². The molecule has 0 saturated heterocycles. The molecule has 0 spiro atoms. The molecule has 0 atom stereocenters. The molecule has 1 N–H and O–H groups in total. The number of anilines is 1. The van der Waals surface area contributed by atoms with Crippen molar-refractivity contribution in [1.29, 1.82) is 0 Å². The van der Waals surface area contributed by atoms with Gasteiger partial charge in [-0.2, -0.15) is 0 Å². The van der Waals surface area contributed by atoms with Crippen LogP contribution in [0.15, 0.2) is 48.5 Å². The van der Waals surface area contributed by atoms with Gasteiger partial charge in [0.1, 0.15) is 5.75 Å².